The molecular weight excluding hydrogens is 208 g/mol. The van der Waals surface area contributed by atoms with Gasteiger partial charge in [-0.25, -0.2) is 4.79 Å². The number of Topliss-reactive ketones (excluding diaryl/α,β-unsaturated/α-hetero) is 1. The van der Waals surface area contributed by atoms with Crippen LogP contribution >= 0.6 is 0 Å². The van der Waals surface area contributed by atoms with Gasteiger partial charge in [-0.2, -0.15) is 0 Å². The Morgan fingerprint density at radius 3 is 2.50 bits per heavy atom. The molecule has 1 aromatic rings. The normalized spacial score (nSPS) is 13.9. The van der Waals surface area contributed by atoms with E-state index in [4.69, 9.17) is 10.5 Å². The molecule has 5 nitrogen and oxygen atoms in total. The Labute approximate surface area is 93.6 Å². The Balaban J connectivity index is 2.92. The van der Waals surface area contributed by atoms with E-state index < -0.39 is 17.3 Å². The zero-order valence-corrected chi connectivity index (χ0v) is 9.27. The lowest BCUT2D eigenvalue weighted by molar-refractivity contribution is -0.146. The number of hydrogen-bond acceptors (Lipinski definition) is 5. The molecule has 1 atom stereocenters. The Morgan fingerprint density at radius 2 is 2.00 bits per heavy atom. The number of nitrogens with zero attached hydrogens (tertiary/aromatic N) is 1. The third-order valence-corrected chi connectivity index (χ3v) is 2.11. The molecule has 1 rings (SSSR count). The van der Waals surface area contributed by atoms with Crippen LogP contribution in [-0.4, -0.2) is 28.9 Å². The van der Waals surface area contributed by atoms with Crippen LogP contribution in [-0.2, 0) is 9.53 Å². The minimum atomic E-state index is -1.66. The second kappa shape index (κ2) is 4.85. The van der Waals surface area contributed by atoms with Crippen molar-refractivity contribution in [1.82, 2.24) is 4.98 Å². The SMILES string of the molecule is CCOC(=O)[C@](C)(N)C(=O)c1ccncc1. The van der Waals surface area contributed by atoms with E-state index in [0.29, 0.717) is 5.56 Å². The molecule has 0 bridgehead atoms. The predicted molar refractivity (Wildman–Crippen MR) is 57.8 cm³/mol. The number of rotatable bonds is 4. The van der Waals surface area contributed by atoms with Crippen molar-refractivity contribution in [2.24, 2.45) is 5.73 Å². The number of carbonyl (C=O) groups is 2. The first kappa shape index (κ1) is 12.3. The molecule has 0 aromatic carbocycles. The molecule has 0 unspecified atom stereocenters. The Bertz CT molecular complexity index is 387. The molecule has 0 saturated carbocycles. The highest BCUT2D eigenvalue weighted by Gasteiger charge is 2.38. The van der Waals surface area contributed by atoms with Crippen molar-refractivity contribution >= 4 is 11.8 Å². The van der Waals surface area contributed by atoms with E-state index in [0.717, 1.165) is 0 Å². The van der Waals surface area contributed by atoms with Crippen LogP contribution in [0.4, 0.5) is 0 Å². The molecule has 0 fully saturated rings. The summed E-state index contributed by atoms with van der Waals surface area (Å²) in [6.45, 7) is 3.19. The molecule has 0 radical (unpaired) electrons. The van der Waals surface area contributed by atoms with Gasteiger partial charge < -0.3 is 10.5 Å². The van der Waals surface area contributed by atoms with Gasteiger partial charge in [0.25, 0.3) is 0 Å². The summed E-state index contributed by atoms with van der Waals surface area (Å²) in [5, 5.41) is 0. The van der Waals surface area contributed by atoms with Gasteiger partial charge in [0.1, 0.15) is 0 Å². The van der Waals surface area contributed by atoms with Crippen LogP contribution in [0, 0.1) is 0 Å². The summed E-state index contributed by atoms with van der Waals surface area (Å²) < 4.78 is 4.75. The van der Waals surface area contributed by atoms with E-state index in [1.54, 1.807) is 6.92 Å². The van der Waals surface area contributed by atoms with Gasteiger partial charge in [-0.15, -0.1) is 0 Å². The average Bonchev–Trinajstić information content (AvgIpc) is 2.29. The number of carbonyl (C=O) groups excluding carboxylic acids is 2. The van der Waals surface area contributed by atoms with Crippen molar-refractivity contribution in [2.75, 3.05) is 6.61 Å². The third kappa shape index (κ3) is 2.43. The van der Waals surface area contributed by atoms with Crippen LogP contribution in [0.1, 0.15) is 24.2 Å². The number of aromatic nitrogens is 1. The number of pyridine rings is 1. The molecule has 0 amide bonds. The molecule has 86 valence electrons. The van der Waals surface area contributed by atoms with Crippen molar-refractivity contribution in [2.45, 2.75) is 19.4 Å². The Morgan fingerprint density at radius 1 is 1.44 bits per heavy atom. The van der Waals surface area contributed by atoms with Crippen LogP contribution in [0.15, 0.2) is 24.5 Å². The van der Waals surface area contributed by atoms with Crippen LogP contribution in [0.2, 0.25) is 0 Å². The van der Waals surface area contributed by atoms with Gasteiger partial charge in [0.2, 0.25) is 0 Å². The Hall–Kier alpha value is -1.75. The van der Waals surface area contributed by atoms with Crippen LogP contribution in [0.3, 0.4) is 0 Å². The van der Waals surface area contributed by atoms with E-state index in [1.807, 2.05) is 0 Å². The summed E-state index contributed by atoms with van der Waals surface area (Å²) in [4.78, 5) is 27.2. The number of ketones is 1. The molecule has 0 spiro atoms. The summed E-state index contributed by atoms with van der Waals surface area (Å²) in [5.41, 5.74) is 4.36. The maximum Gasteiger partial charge on any atom is 0.333 e. The zero-order chi connectivity index (χ0) is 12.2. The van der Waals surface area contributed by atoms with E-state index in [1.165, 1.54) is 31.5 Å². The van der Waals surface area contributed by atoms with Crippen molar-refractivity contribution in [3.8, 4) is 0 Å². The maximum absolute atomic E-state index is 11.9. The summed E-state index contributed by atoms with van der Waals surface area (Å²) in [6.07, 6.45) is 2.93. The van der Waals surface area contributed by atoms with Gasteiger partial charge >= 0.3 is 5.97 Å². The number of esters is 1. The van der Waals surface area contributed by atoms with Gasteiger partial charge in [-0.1, -0.05) is 0 Å². The van der Waals surface area contributed by atoms with E-state index >= 15 is 0 Å². The molecule has 0 aliphatic carbocycles. The van der Waals surface area contributed by atoms with Crippen molar-refractivity contribution in [3.05, 3.63) is 30.1 Å². The molecule has 0 saturated heterocycles. The second-order valence-corrected chi connectivity index (χ2v) is 3.49. The fraction of sp³-hybridized carbons (Fsp3) is 0.364. The van der Waals surface area contributed by atoms with Crippen molar-refractivity contribution < 1.29 is 14.3 Å². The molecular formula is C11H14N2O3. The molecule has 0 aliphatic heterocycles. The quantitative estimate of drug-likeness (QED) is 0.457. The number of nitrogens with two attached hydrogens (primary N) is 1. The van der Waals surface area contributed by atoms with E-state index in [2.05, 4.69) is 4.98 Å². The monoisotopic (exact) mass is 222 g/mol. The summed E-state index contributed by atoms with van der Waals surface area (Å²) >= 11 is 0. The average molecular weight is 222 g/mol. The van der Waals surface area contributed by atoms with Gasteiger partial charge in [-0.3, -0.25) is 9.78 Å². The predicted octanol–water partition coefficient (Wildman–Crippen LogP) is 0.545. The smallest absolute Gasteiger partial charge is 0.333 e. The standard InChI is InChI=1S/C11H14N2O3/c1-3-16-10(15)11(2,12)9(14)8-4-6-13-7-5-8/h4-7H,3,12H2,1-2H3/t11-/m1/s1. The number of hydrogen-bond donors (Lipinski definition) is 1. The zero-order valence-electron chi connectivity index (χ0n) is 9.27. The fourth-order valence-corrected chi connectivity index (χ4v) is 1.18. The largest absolute Gasteiger partial charge is 0.464 e. The summed E-state index contributed by atoms with van der Waals surface area (Å²) in [7, 11) is 0. The summed E-state index contributed by atoms with van der Waals surface area (Å²) in [5.74, 6) is -1.20. The molecule has 5 heteroatoms. The first-order valence-electron chi connectivity index (χ1n) is 4.91. The minimum absolute atomic E-state index is 0.190. The maximum atomic E-state index is 11.9. The highest BCUT2D eigenvalue weighted by molar-refractivity contribution is 6.15. The number of ether oxygens (including phenoxy) is 1. The summed E-state index contributed by atoms with van der Waals surface area (Å²) in [6, 6.07) is 3.01. The topological polar surface area (TPSA) is 82.3 Å². The highest BCUT2D eigenvalue weighted by atomic mass is 16.5. The molecule has 2 N–H and O–H groups in total. The Kier molecular flexibility index (Phi) is 3.73. The van der Waals surface area contributed by atoms with Crippen LogP contribution in [0.5, 0.6) is 0 Å². The molecule has 1 aromatic heterocycles. The van der Waals surface area contributed by atoms with Gasteiger partial charge in [0, 0.05) is 18.0 Å². The van der Waals surface area contributed by atoms with Gasteiger partial charge in [-0.05, 0) is 26.0 Å². The third-order valence-electron chi connectivity index (χ3n) is 2.11. The lowest BCUT2D eigenvalue weighted by Gasteiger charge is -2.20. The second-order valence-electron chi connectivity index (χ2n) is 3.49. The molecule has 0 aliphatic rings. The highest BCUT2D eigenvalue weighted by Crippen LogP contribution is 2.12. The van der Waals surface area contributed by atoms with Crippen molar-refractivity contribution in [1.29, 1.82) is 0 Å². The molecule has 1 heterocycles. The molecule has 16 heavy (non-hydrogen) atoms. The first-order valence-corrected chi connectivity index (χ1v) is 4.91. The van der Waals surface area contributed by atoms with Gasteiger partial charge in [0.15, 0.2) is 11.3 Å². The van der Waals surface area contributed by atoms with E-state index in [-0.39, 0.29) is 6.61 Å². The lowest BCUT2D eigenvalue weighted by atomic mass is 9.93. The van der Waals surface area contributed by atoms with Crippen molar-refractivity contribution in [3.63, 3.8) is 0 Å². The van der Waals surface area contributed by atoms with Gasteiger partial charge in [0.05, 0.1) is 6.61 Å². The lowest BCUT2D eigenvalue weighted by Crippen LogP contribution is -2.53. The van der Waals surface area contributed by atoms with E-state index in [9.17, 15) is 9.59 Å². The van der Waals surface area contributed by atoms with Crippen LogP contribution < -0.4 is 5.73 Å². The van der Waals surface area contributed by atoms with Crippen LogP contribution in [0.25, 0.3) is 0 Å². The minimum Gasteiger partial charge on any atom is -0.464 e. The fourth-order valence-electron chi connectivity index (χ4n) is 1.18. The first-order chi connectivity index (χ1) is 7.50.